The van der Waals surface area contributed by atoms with Gasteiger partial charge in [-0.2, -0.15) is 0 Å². The lowest BCUT2D eigenvalue weighted by molar-refractivity contribution is -0.123. The van der Waals surface area contributed by atoms with Gasteiger partial charge in [0.05, 0.1) is 5.75 Å². The number of hydrogen-bond donors (Lipinski definition) is 3. The van der Waals surface area contributed by atoms with Crippen molar-refractivity contribution in [1.82, 2.24) is 21.2 Å². The third-order valence-corrected chi connectivity index (χ3v) is 4.61. The lowest BCUT2D eigenvalue weighted by Gasteiger charge is -2.18. The minimum absolute atomic E-state index is 0.0869. The molecule has 1 atom stereocenters. The minimum atomic E-state index is -3.36. The number of pyridine rings is 1. The fourth-order valence-corrected chi connectivity index (χ4v) is 2.86. The maximum absolute atomic E-state index is 12.4. The maximum atomic E-state index is 12.4. The van der Waals surface area contributed by atoms with Crippen LogP contribution in [0.3, 0.4) is 0 Å². The summed E-state index contributed by atoms with van der Waals surface area (Å²) in [6.07, 6.45) is 2.30. The SMILES string of the molecule is CS(=O)(=O)CC[C@H](NC(=O)c1ccccc1)C(=O)NNC(=O)c1ccccn1. The number of carbonyl (C=O) groups excluding carboxylic acids is 3. The first kappa shape index (κ1) is 21.0. The van der Waals surface area contributed by atoms with Gasteiger partial charge in [0.1, 0.15) is 21.6 Å². The molecule has 0 saturated heterocycles. The summed E-state index contributed by atoms with van der Waals surface area (Å²) in [5.74, 6) is -2.25. The summed E-state index contributed by atoms with van der Waals surface area (Å²) in [5, 5.41) is 2.49. The lowest BCUT2D eigenvalue weighted by Crippen LogP contribution is -2.52. The first-order valence-electron chi connectivity index (χ1n) is 8.31. The highest BCUT2D eigenvalue weighted by Gasteiger charge is 2.23. The van der Waals surface area contributed by atoms with Crippen molar-refractivity contribution in [2.75, 3.05) is 12.0 Å². The van der Waals surface area contributed by atoms with Crippen LogP contribution in [0.4, 0.5) is 0 Å². The molecule has 1 aromatic carbocycles. The number of benzene rings is 1. The molecule has 3 N–H and O–H groups in total. The van der Waals surface area contributed by atoms with Crippen molar-refractivity contribution >= 4 is 27.6 Å². The fourth-order valence-electron chi connectivity index (χ4n) is 2.20. The molecule has 2 aromatic rings. The number of aromatic nitrogens is 1. The molecule has 28 heavy (non-hydrogen) atoms. The van der Waals surface area contributed by atoms with Crippen molar-refractivity contribution in [2.24, 2.45) is 0 Å². The zero-order valence-electron chi connectivity index (χ0n) is 15.1. The number of hydrazine groups is 1. The quantitative estimate of drug-likeness (QED) is 0.559. The summed E-state index contributed by atoms with van der Waals surface area (Å²) < 4.78 is 22.9. The van der Waals surface area contributed by atoms with Gasteiger partial charge in [0, 0.05) is 18.0 Å². The predicted octanol–water partition coefficient (Wildman–Crippen LogP) is 0.0759. The van der Waals surface area contributed by atoms with Crippen molar-refractivity contribution in [3.05, 3.63) is 66.0 Å². The highest BCUT2D eigenvalue weighted by atomic mass is 32.2. The van der Waals surface area contributed by atoms with E-state index in [0.29, 0.717) is 5.56 Å². The van der Waals surface area contributed by atoms with Crippen LogP contribution in [0.1, 0.15) is 27.3 Å². The predicted molar refractivity (Wildman–Crippen MR) is 102 cm³/mol. The largest absolute Gasteiger partial charge is 0.340 e. The van der Waals surface area contributed by atoms with Gasteiger partial charge in [-0.25, -0.2) is 8.42 Å². The van der Waals surface area contributed by atoms with E-state index in [1.165, 1.54) is 12.3 Å². The molecule has 0 saturated carbocycles. The van der Waals surface area contributed by atoms with Crippen LogP contribution in [0.5, 0.6) is 0 Å². The van der Waals surface area contributed by atoms with Crippen molar-refractivity contribution in [2.45, 2.75) is 12.5 Å². The molecular weight excluding hydrogens is 384 g/mol. The number of sulfone groups is 1. The molecule has 148 valence electrons. The Morgan fingerprint density at radius 2 is 1.64 bits per heavy atom. The molecule has 0 aliphatic carbocycles. The van der Waals surface area contributed by atoms with Crippen LogP contribution in [0.2, 0.25) is 0 Å². The summed E-state index contributed by atoms with van der Waals surface area (Å²) in [6.45, 7) is 0. The van der Waals surface area contributed by atoms with Gasteiger partial charge >= 0.3 is 0 Å². The molecule has 2 rings (SSSR count). The zero-order valence-corrected chi connectivity index (χ0v) is 15.9. The summed E-state index contributed by atoms with van der Waals surface area (Å²) in [5.41, 5.74) is 4.78. The van der Waals surface area contributed by atoms with Crippen molar-refractivity contribution in [3.63, 3.8) is 0 Å². The smallest absolute Gasteiger partial charge is 0.288 e. The van der Waals surface area contributed by atoms with Gasteiger partial charge in [0.15, 0.2) is 0 Å². The second-order valence-electron chi connectivity index (χ2n) is 5.97. The number of rotatable bonds is 7. The van der Waals surface area contributed by atoms with E-state index >= 15 is 0 Å². The van der Waals surface area contributed by atoms with E-state index in [1.807, 2.05) is 0 Å². The van der Waals surface area contributed by atoms with Crippen molar-refractivity contribution in [1.29, 1.82) is 0 Å². The number of amides is 3. The Morgan fingerprint density at radius 1 is 0.964 bits per heavy atom. The van der Waals surface area contributed by atoms with Crippen LogP contribution in [-0.2, 0) is 14.6 Å². The minimum Gasteiger partial charge on any atom is -0.340 e. The van der Waals surface area contributed by atoms with E-state index in [-0.39, 0.29) is 17.9 Å². The van der Waals surface area contributed by atoms with Gasteiger partial charge in [-0.3, -0.25) is 30.2 Å². The van der Waals surface area contributed by atoms with Crippen LogP contribution >= 0.6 is 0 Å². The monoisotopic (exact) mass is 404 g/mol. The number of nitrogens with zero attached hydrogens (tertiary/aromatic N) is 1. The topological polar surface area (TPSA) is 134 Å². The highest BCUT2D eigenvalue weighted by Crippen LogP contribution is 2.02. The third-order valence-electron chi connectivity index (χ3n) is 3.63. The molecule has 0 bridgehead atoms. The number of nitrogens with one attached hydrogen (secondary N) is 3. The molecule has 10 heteroatoms. The number of carbonyl (C=O) groups is 3. The van der Waals surface area contributed by atoms with Crippen LogP contribution in [-0.4, -0.2) is 49.2 Å². The molecule has 0 fully saturated rings. The first-order valence-corrected chi connectivity index (χ1v) is 10.4. The van der Waals surface area contributed by atoms with Gasteiger partial charge in [-0.1, -0.05) is 24.3 Å². The van der Waals surface area contributed by atoms with Gasteiger partial charge in [-0.15, -0.1) is 0 Å². The molecular formula is C18H20N4O5S. The molecule has 0 aliphatic heterocycles. The molecule has 0 radical (unpaired) electrons. The maximum Gasteiger partial charge on any atom is 0.288 e. The van der Waals surface area contributed by atoms with E-state index in [4.69, 9.17) is 0 Å². The van der Waals surface area contributed by atoms with Gasteiger partial charge in [0.2, 0.25) is 0 Å². The van der Waals surface area contributed by atoms with Crippen LogP contribution in [0.25, 0.3) is 0 Å². The van der Waals surface area contributed by atoms with Crippen molar-refractivity contribution < 1.29 is 22.8 Å². The van der Waals surface area contributed by atoms with E-state index < -0.39 is 33.6 Å². The average molecular weight is 404 g/mol. The first-order chi connectivity index (χ1) is 13.3. The number of hydrogen-bond acceptors (Lipinski definition) is 6. The van der Waals surface area contributed by atoms with Crippen molar-refractivity contribution in [3.8, 4) is 0 Å². The third kappa shape index (κ3) is 6.80. The Hall–Kier alpha value is -3.27. The molecule has 0 spiro atoms. The zero-order chi connectivity index (χ0) is 20.6. The summed E-state index contributed by atoms with van der Waals surface area (Å²) in [7, 11) is -3.36. The van der Waals surface area contributed by atoms with Gasteiger partial charge < -0.3 is 5.32 Å². The molecule has 9 nitrogen and oxygen atoms in total. The Labute approximate surface area is 162 Å². The second-order valence-corrected chi connectivity index (χ2v) is 8.23. The highest BCUT2D eigenvalue weighted by molar-refractivity contribution is 7.90. The van der Waals surface area contributed by atoms with Crippen LogP contribution in [0.15, 0.2) is 54.7 Å². The summed E-state index contributed by atoms with van der Waals surface area (Å²) in [6, 6.07) is 11.7. The Bertz CT molecular complexity index is 933. The van der Waals surface area contributed by atoms with E-state index in [2.05, 4.69) is 21.2 Å². The molecule has 0 unspecified atom stereocenters. The van der Waals surface area contributed by atoms with E-state index in [9.17, 15) is 22.8 Å². The Kier molecular flexibility index (Phi) is 7.21. The van der Waals surface area contributed by atoms with E-state index in [0.717, 1.165) is 6.26 Å². The van der Waals surface area contributed by atoms with E-state index in [1.54, 1.807) is 42.5 Å². The lowest BCUT2D eigenvalue weighted by atomic mass is 10.1. The fraction of sp³-hybridized carbons (Fsp3) is 0.222. The molecule has 1 heterocycles. The second kappa shape index (κ2) is 9.60. The molecule has 1 aromatic heterocycles. The average Bonchev–Trinajstić information content (AvgIpc) is 2.69. The van der Waals surface area contributed by atoms with Gasteiger partial charge in [0.25, 0.3) is 17.7 Å². The Balaban J connectivity index is 2.03. The normalized spacial score (nSPS) is 11.9. The standard InChI is InChI=1S/C18H20N4O5S/c1-28(26,27)12-10-15(20-16(23)13-7-3-2-4-8-13)18(25)22-21-17(24)14-9-5-6-11-19-14/h2-9,11,15H,10,12H2,1H3,(H,20,23)(H,21,24)(H,22,25)/t15-/m0/s1. The summed E-state index contributed by atoms with van der Waals surface area (Å²) >= 11 is 0. The molecule has 0 aliphatic rings. The summed E-state index contributed by atoms with van der Waals surface area (Å²) in [4.78, 5) is 40.5. The van der Waals surface area contributed by atoms with Crippen LogP contribution < -0.4 is 16.2 Å². The van der Waals surface area contributed by atoms with Crippen LogP contribution in [0, 0.1) is 0 Å². The molecule has 3 amide bonds. The Morgan fingerprint density at radius 3 is 2.25 bits per heavy atom. The van der Waals surface area contributed by atoms with Gasteiger partial charge in [-0.05, 0) is 30.7 Å².